The number of halogens is 1. The zero-order chi connectivity index (χ0) is 19.6. The molecule has 7 nitrogen and oxygen atoms in total. The number of nitrogens with one attached hydrogen (secondary N) is 1. The molecular weight excluding hydrogens is 392 g/mol. The Morgan fingerprint density at radius 3 is 2.37 bits per heavy atom. The Kier molecular flexibility index (Phi) is 5.50. The summed E-state index contributed by atoms with van der Waals surface area (Å²) >= 11 is 6.07. The third-order valence-electron chi connectivity index (χ3n) is 4.28. The second-order valence-corrected chi connectivity index (χ2v) is 8.39. The number of hydrogen-bond donors (Lipinski definition) is 1. The molecule has 0 atom stereocenters. The number of nitrogens with zero attached hydrogens (tertiary/aromatic N) is 1. The molecule has 0 spiro atoms. The maximum atomic E-state index is 12.7. The fourth-order valence-electron chi connectivity index (χ4n) is 2.88. The van der Waals surface area contributed by atoms with Crippen LogP contribution in [0.4, 0.5) is 5.69 Å². The van der Waals surface area contributed by atoms with E-state index in [0.29, 0.717) is 13.1 Å². The topological polar surface area (TPSA) is 107 Å². The highest BCUT2D eigenvalue weighted by Gasteiger charge is 2.28. The maximum Gasteiger partial charge on any atom is 0.257 e. The zero-order valence-electron chi connectivity index (χ0n) is 14.1. The van der Waals surface area contributed by atoms with Gasteiger partial charge in [-0.3, -0.25) is 4.79 Å². The lowest BCUT2D eigenvalue weighted by Crippen LogP contribution is -2.28. The van der Waals surface area contributed by atoms with Crippen LogP contribution in [-0.2, 0) is 10.0 Å². The van der Waals surface area contributed by atoms with Crippen LogP contribution in [0.1, 0.15) is 33.6 Å². The van der Waals surface area contributed by atoms with Gasteiger partial charge in [0.25, 0.3) is 5.91 Å². The van der Waals surface area contributed by atoms with Crippen LogP contribution in [0.25, 0.3) is 0 Å². The highest BCUT2D eigenvalue weighted by atomic mass is 35.5. The molecule has 1 amide bonds. The average Bonchev–Trinajstić information content (AvgIpc) is 3.17. The quantitative estimate of drug-likeness (QED) is 0.812. The number of sulfonamides is 1. The second kappa shape index (κ2) is 7.67. The van der Waals surface area contributed by atoms with Crippen LogP contribution < -0.4 is 10.4 Å². The molecule has 0 radical (unpaired) electrons. The molecular formula is C18H16ClN2O5S-. The minimum Gasteiger partial charge on any atom is -0.545 e. The summed E-state index contributed by atoms with van der Waals surface area (Å²) in [6.07, 6.45) is 1.58. The van der Waals surface area contributed by atoms with E-state index < -0.39 is 21.9 Å². The predicted octanol–water partition coefficient (Wildman–Crippen LogP) is 1.74. The van der Waals surface area contributed by atoms with Crippen LogP contribution in [0.5, 0.6) is 0 Å². The van der Waals surface area contributed by atoms with E-state index in [1.807, 2.05) is 0 Å². The lowest BCUT2D eigenvalue weighted by molar-refractivity contribution is -0.254. The van der Waals surface area contributed by atoms with Gasteiger partial charge in [-0.05, 0) is 37.1 Å². The number of para-hydroxylation sites is 1. The van der Waals surface area contributed by atoms with Crippen molar-refractivity contribution in [3.05, 3.63) is 58.6 Å². The van der Waals surface area contributed by atoms with Gasteiger partial charge in [-0.15, -0.1) is 0 Å². The van der Waals surface area contributed by atoms with Crippen LogP contribution in [-0.4, -0.2) is 37.7 Å². The SMILES string of the molecule is O=C(Nc1ccccc1C(=O)[O-])c1cc(S(=O)(=O)N2CCCC2)ccc1Cl. The number of anilines is 1. The van der Waals surface area contributed by atoms with E-state index in [2.05, 4.69) is 5.32 Å². The number of hydrogen-bond acceptors (Lipinski definition) is 5. The van der Waals surface area contributed by atoms with E-state index in [1.54, 1.807) is 6.07 Å². The number of carboxylic acids is 1. The normalized spacial score (nSPS) is 14.9. The Hall–Kier alpha value is -2.42. The maximum absolute atomic E-state index is 12.7. The van der Waals surface area contributed by atoms with Crippen molar-refractivity contribution in [1.29, 1.82) is 0 Å². The minimum atomic E-state index is -3.72. The van der Waals surface area contributed by atoms with E-state index in [1.165, 1.54) is 40.7 Å². The van der Waals surface area contributed by atoms with Crippen LogP contribution in [0.3, 0.4) is 0 Å². The summed E-state index contributed by atoms with van der Waals surface area (Å²) in [5, 5.41) is 13.7. The molecule has 0 unspecified atom stereocenters. The van der Waals surface area contributed by atoms with E-state index in [4.69, 9.17) is 11.6 Å². The van der Waals surface area contributed by atoms with E-state index in [-0.39, 0.29) is 26.7 Å². The average molecular weight is 408 g/mol. The molecule has 9 heteroatoms. The first-order valence-corrected chi connectivity index (χ1v) is 10.0. The third kappa shape index (κ3) is 3.97. The van der Waals surface area contributed by atoms with Crippen molar-refractivity contribution in [1.82, 2.24) is 4.31 Å². The van der Waals surface area contributed by atoms with Crippen LogP contribution in [0.2, 0.25) is 5.02 Å². The summed E-state index contributed by atoms with van der Waals surface area (Å²) in [6, 6.07) is 9.64. The Morgan fingerprint density at radius 1 is 1.04 bits per heavy atom. The molecule has 1 saturated heterocycles. The predicted molar refractivity (Wildman–Crippen MR) is 98.2 cm³/mol. The summed E-state index contributed by atoms with van der Waals surface area (Å²) in [5.74, 6) is -2.16. The van der Waals surface area contributed by atoms with Crippen molar-refractivity contribution in [2.75, 3.05) is 18.4 Å². The van der Waals surface area contributed by atoms with Crippen molar-refractivity contribution >= 4 is 39.2 Å². The number of aromatic carboxylic acids is 1. The number of carbonyl (C=O) groups excluding carboxylic acids is 2. The first-order valence-electron chi connectivity index (χ1n) is 8.22. The number of benzene rings is 2. The number of amides is 1. The summed E-state index contributed by atoms with van der Waals surface area (Å²) in [5.41, 5.74) is -0.223. The molecule has 27 heavy (non-hydrogen) atoms. The summed E-state index contributed by atoms with van der Waals surface area (Å²) in [6.45, 7) is 0.872. The van der Waals surface area contributed by atoms with E-state index in [0.717, 1.165) is 12.8 Å². The standard InChI is InChI=1S/C18H17ClN2O5S/c19-15-8-7-12(27(25,26)21-9-3-4-10-21)11-14(15)17(22)20-16-6-2-1-5-13(16)18(23)24/h1-2,5-8,11H,3-4,9-10H2,(H,20,22)(H,23,24)/p-1. The molecule has 2 aromatic rings. The molecule has 1 aliphatic rings. The lowest BCUT2D eigenvalue weighted by atomic mass is 10.1. The smallest absolute Gasteiger partial charge is 0.257 e. The third-order valence-corrected chi connectivity index (χ3v) is 6.50. The molecule has 0 aliphatic carbocycles. The van der Waals surface area contributed by atoms with Crippen molar-refractivity contribution in [2.24, 2.45) is 0 Å². The lowest BCUT2D eigenvalue weighted by Gasteiger charge is -2.17. The largest absolute Gasteiger partial charge is 0.545 e. The van der Waals surface area contributed by atoms with Gasteiger partial charge < -0.3 is 15.2 Å². The highest BCUT2D eigenvalue weighted by Crippen LogP contribution is 2.26. The van der Waals surface area contributed by atoms with Gasteiger partial charge in [0, 0.05) is 18.7 Å². The second-order valence-electron chi connectivity index (χ2n) is 6.04. The molecule has 0 saturated carbocycles. The highest BCUT2D eigenvalue weighted by molar-refractivity contribution is 7.89. The molecule has 1 fully saturated rings. The van der Waals surface area contributed by atoms with Crippen LogP contribution >= 0.6 is 11.6 Å². The fourth-order valence-corrected chi connectivity index (χ4v) is 4.62. The molecule has 1 aliphatic heterocycles. The van der Waals surface area contributed by atoms with Crippen molar-refractivity contribution < 1.29 is 23.1 Å². The van der Waals surface area contributed by atoms with E-state index >= 15 is 0 Å². The van der Waals surface area contributed by atoms with Gasteiger partial charge in [0.05, 0.1) is 27.1 Å². The van der Waals surface area contributed by atoms with Gasteiger partial charge in [-0.25, -0.2) is 8.42 Å². The van der Waals surface area contributed by atoms with Gasteiger partial charge in [0.2, 0.25) is 10.0 Å². The van der Waals surface area contributed by atoms with Gasteiger partial charge >= 0.3 is 0 Å². The number of rotatable bonds is 5. The van der Waals surface area contributed by atoms with Crippen molar-refractivity contribution in [3.8, 4) is 0 Å². The monoisotopic (exact) mass is 407 g/mol. The molecule has 3 rings (SSSR count). The van der Waals surface area contributed by atoms with Crippen molar-refractivity contribution in [3.63, 3.8) is 0 Å². The summed E-state index contributed by atoms with van der Waals surface area (Å²) in [4.78, 5) is 23.7. The van der Waals surface area contributed by atoms with Crippen LogP contribution in [0, 0.1) is 0 Å². The molecule has 142 valence electrons. The Balaban J connectivity index is 1.93. The summed E-state index contributed by atoms with van der Waals surface area (Å²) < 4.78 is 26.7. The van der Waals surface area contributed by atoms with Crippen LogP contribution in [0.15, 0.2) is 47.4 Å². The van der Waals surface area contributed by atoms with Gasteiger partial charge in [0.15, 0.2) is 0 Å². The Labute approximate surface area is 161 Å². The van der Waals surface area contributed by atoms with Gasteiger partial charge in [-0.1, -0.05) is 29.8 Å². The molecule has 1 heterocycles. The fraction of sp³-hybridized carbons (Fsp3) is 0.222. The Bertz CT molecular complexity index is 1000. The number of carboxylic acid groups (broad SMARTS) is 1. The minimum absolute atomic E-state index is 0.0337. The number of carbonyl (C=O) groups is 2. The van der Waals surface area contributed by atoms with Gasteiger partial charge in [0.1, 0.15) is 0 Å². The van der Waals surface area contributed by atoms with Crippen molar-refractivity contribution in [2.45, 2.75) is 17.7 Å². The molecule has 0 aromatic heterocycles. The van der Waals surface area contributed by atoms with E-state index in [9.17, 15) is 23.1 Å². The first kappa shape index (κ1) is 19.3. The molecule has 0 bridgehead atoms. The molecule has 2 aromatic carbocycles. The van der Waals surface area contributed by atoms with Gasteiger partial charge in [-0.2, -0.15) is 4.31 Å². The first-order chi connectivity index (χ1) is 12.8. The Morgan fingerprint density at radius 2 is 1.70 bits per heavy atom. The zero-order valence-corrected chi connectivity index (χ0v) is 15.7. The molecule has 1 N–H and O–H groups in total. The summed E-state index contributed by atoms with van der Waals surface area (Å²) in [7, 11) is -3.72.